The minimum atomic E-state index is 0.434. The Bertz CT molecular complexity index is 1210. The number of H-pyrrole nitrogens is 2. The molecule has 4 aromatic heterocycles. The molecule has 5 rings (SSSR count). The van der Waals surface area contributed by atoms with Crippen LogP contribution in [0.3, 0.4) is 0 Å². The Morgan fingerprint density at radius 3 is 2.71 bits per heavy atom. The van der Waals surface area contributed by atoms with E-state index in [1.165, 1.54) is 0 Å². The molecule has 0 aliphatic rings. The van der Waals surface area contributed by atoms with E-state index in [9.17, 15) is 0 Å². The van der Waals surface area contributed by atoms with Crippen LogP contribution in [0.15, 0.2) is 59.2 Å². The van der Waals surface area contributed by atoms with Gasteiger partial charge in [0.1, 0.15) is 11.5 Å². The number of aromatic nitrogens is 6. The van der Waals surface area contributed by atoms with E-state index in [1.54, 1.807) is 6.26 Å². The number of furan rings is 1. The predicted octanol–water partition coefficient (Wildman–Crippen LogP) is 4.13. The van der Waals surface area contributed by atoms with Crippen molar-refractivity contribution >= 4 is 34.6 Å². The van der Waals surface area contributed by atoms with Crippen molar-refractivity contribution in [1.82, 2.24) is 30.1 Å². The van der Waals surface area contributed by atoms with Crippen molar-refractivity contribution in [2.24, 2.45) is 0 Å². The largest absolute Gasteiger partial charge is 0.463 e. The van der Waals surface area contributed by atoms with Crippen LogP contribution in [0.4, 0.5) is 23.5 Å². The van der Waals surface area contributed by atoms with E-state index in [2.05, 4.69) is 40.8 Å². The van der Waals surface area contributed by atoms with Crippen molar-refractivity contribution in [3.05, 3.63) is 60.5 Å². The number of hydrogen-bond donors (Lipinski definition) is 4. The van der Waals surface area contributed by atoms with Crippen molar-refractivity contribution in [2.75, 3.05) is 10.6 Å². The molecule has 9 heteroatoms. The van der Waals surface area contributed by atoms with Gasteiger partial charge < -0.3 is 14.7 Å². The van der Waals surface area contributed by atoms with Gasteiger partial charge in [0, 0.05) is 17.8 Å². The number of aromatic amines is 2. The lowest BCUT2D eigenvalue weighted by atomic mass is 10.3. The molecule has 4 N–H and O–H groups in total. The number of hydrogen-bond acceptors (Lipinski definition) is 7. The highest BCUT2D eigenvalue weighted by Crippen LogP contribution is 2.23. The molecule has 4 heterocycles. The van der Waals surface area contributed by atoms with Crippen LogP contribution in [0.5, 0.6) is 0 Å². The molecule has 0 fully saturated rings. The zero-order valence-corrected chi connectivity index (χ0v) is 14.9. The fourth-order valence-corrected chi connectivity index (χ4v) is 2.88. The summed E-state index contributed by atoms with van der Waals surface area (Å²) in [5, 5.41) is 13.5. The molecule has 0 unspecified atom stereocenters. The van der Waals surface area contributed by atoms with Crippen molar-refractivity contribution in [2.45, 2.75) is 6.92 Å². The summed E-state index contributed by atoms with van der Waals surface area (Å²) in [6.07, 6.45) is 1.62. The molecular weight excluding hydrogens is 356 g/mol. The van der Waals surface area contributed by atoms with Gasteiger partial charge in [0.15, 0.2) is 11.6 Å². The van der Waals surface area contributed by atoms with Crippen LogP contribution in [0.25, 0.3) is 22.5 Å². The molecule has 0 saturated carbocycles. The maximum Gasteiger partial charge on any atom is 0.231 e. The highest BCUT2D eigenvalue weighted by Gasteiger charge is 2.09. The van der Waals surface area contributed by atoms with Gasteiger partial charge in [-0.3, -0.25) is 10.4 Å². The predicted molar refractivity (Wildman–Crippen MR) is 106 cm³/mol. The number of anilines is 4. The fourth-order valence-electron chi connectivity index (χ4n) is 2.88. The standard InChI is InChI=1S/C19H16N8O/c1-11-9-16(23-17-10-14(26-27-17)15-7-4-8-28-15)24-18(20-11)25-19-21-12-5-2-3-6-13(12)22-19/h2-10H,1H3,(H4,20,21,22,23,24,25,26,27). The zero-order chi connectivity index (χ0) is 18.9. The second-order valence-corrected chi connectivity index (χ2v) is 6.21. The molecule has 0 radical (unpaired) electrons. The van der Waals surface area contributed by atoms with Crippen LogP contribution >= 0.6 is 0 Å². The van der Waals surface area contributed by atoms with Gasteiger partial charge in [-0.05, 0) is 31.2 Å². The second-order valence-electron chi connectivity index (χ2n) is 6.21. The lowest BCUT2D eigenvalue weighted by molar-refractivity contribution is 0.580. The average Bonchev–Trinajstić information content (AvgIpc) is 3.41. The third-order valence-electron chi connectivity index (χ3n) is 4.09. The maximum atomic E-state index is 5.37. The summed E-state index contributed by atoms with van der Waals surface area (Å²) < 4.78 is 5.37. The summed E-state index contributed by atoms with van der Waals surface area (Å²) in [5.41, 5.74) is 3.40. The van der Waals surface area contributed by atoms with Gasteiger partial charge in [-0.2, -0.15) is 10.1 Å². The van der Waals surface area contributed by atoms with E-state index >= 15 is 0 Å². The number of para-hydroxylation sites is 2. The van der Waals surface area contributed by atoms with E-state index in [4.69, 9.17) is 4.42 Å². The van der Waals surface area contributed by atoms with Crippen LogP contribution in [-0.2, 0) is 0 Å². The number of aryl methyl sites for hydroxylation is 1. The van der Waals surface area contributed by atoms with Crippen molar-refractivity contribution in [3.63, 3.8) is 0 Å². The van der Waals surface area contributed by atoms with Crippen LogP contribution in [0.2, 0.25) is 0 Å². The Morgan fingerprint density at radius 1 is 0.929 bits per heavy atom. The topological polar surface area (TPSA) is 120 Å². The van der Waals surface area contributed by atoms with Gasteiger partial charge in [-0.25, -0.2) is 9.97 Å². The normalized spacial score (nSPS) is 11.0. The number of nitrogens with one attached hydrogen (secondary N) is 4. The van der Waals surface area contributed by atoms with E-state index in [1.807, 2.05) is 55.5 Å². The lowest BCUT2D eigenvalue weighted by Crippen LogP contribution is -2.03. The third kappa shape index (κ3) is 3.16. The molecule has 0 aliphatic carbocycles. The first kappa shape index (κ1) is 16.1. The number of rotatable bonds is 5. The quantitative estimate of drug-likeness (QED) is 0.366. The summed E-state index contributed by atoms with van der Waals surface area (Å²) in [7, 11) is 0. The Balaban J connectivity index is 1.38. The molecule has 0 atom stereocenters. The average molecular weight is 372 g/mol. The molecule has 0 aliphatic heterocycles. The number of nitrogens with zero attached hydrogens (tertiary/aromatic N) is 4. The molecule has 138 valence electrons. The second kappa shape index (κ2) is 6.54. The van der Waals surface area contributed by atoms with Crippen LogP contribution in [0.1, 0.15) is 5.69 Å². The highest BCUT2D eigenvalue weighted by molar-refractivity contribution is 5.77. The summed E-state index contributed by atoms with van der Waals surface area (Å²) in [5.74, 6) is 2.97. The molecule has 0 saturated heterocycles. The van der Waals surface area contributed by atoms with E-state index in [0.717, 1.165) is 22.4 Å². The van der Waals surface area contributed by atoms with Gasteiger partial charge >= 0.3 is 0 Å². The van der Waals surface area contributed by atoms with Crippen molar-refractivity contribution in [1.29, 1.82) is 0 Å². The van der Waals surface area contributed by atoms with Crippen LogP contribution in [-0.4, -0.2) is 30.1 Å². The van der Waals surface area contributed by atoms with Gasteiger partial charge in [0.2, 0.25) is 11.9 Å². The molecule has 0 spiro atoms. The van der Waals surface area contributed by atoms with Gasteiger partial charge in [0.25, 0.3) is 0 Å². The Labute approximate surface area is 159 Å². The van der Waals surface area contributed by atoms with E-state index in [0.29, 0.717) is 29.3 Å². The monoisotopic (exact) mass is 372 g/mol. The summed E-state index contributed by atoms with van der Waals surface area (Å²) in [6.45, 7) is 1.90. The first-order valence-electron chi connectivity index (χ1n) is 8.67. The smallest absolute Gasteiger partial charge is 0.231 e. The van der Waals surface area contributed by atoms with E-state index < -0.39 is 0 Å². The summed E-state index contributed by atoms with van der Waals surface area (Å²) in [6, 6.07) is 15.2. The lowest BCUT2D eigenvalue weighted by Gasteiger charge is -2.06. The molecule has 1 aromatic carbocycles. The number of imidazole rings is 1. The highest BCUT2D eigenvalue weighted by atomic mass is 16.3. The molecule has 28 heavy (non-hydrogen) atoms. The summed E-state index contributed by atoms with van der Waals surface area (Å²) in [4.78, 5) is 16.6. The molecule has 0 amide bonds. The number of benzene rings is 1. The first-order valence-corrected chi connectivity index (χ1v) is 8.67. The molecular formula is C19H16N8O. The van der Waals surface area contributed by atoms with Crippen molar-refractivity contribution in [3.8, 4) is 11.5 Å². The Hall–Kier alpha value is -4.14. The van der Waals surface area contributed by atoms with E-state index in [-0.39, 0.29) is 0 Å². The van der Waals surface area contributed by atoms with Gasteiger partial charge in [0.05, 0.1) is 17.3 Å². The SMILES string of the molecule is Cc1cc(Nc2cc(-c3ccco3)[nH]n2)nc(Nc2nc3ccccc3[nH]2)n1. The minimum Gasteiger partial charge on any atom is -0.463 e. The fraction of sp³-hybridized carbons (Fsp3) is 0.0526. The first-order chi connectivity index (χ1) is 13.7. The third-order valence-corrected chi connectivity index (χ3v) is 4.09. The minimum absolute atomic E-state index is 0.434. The molecule has 9 nitrogen and oxygen atoms in total. The van der Waals surface area contributed by atoms with Crippen LogP contribution in [0, 0.1) is 6.92 Å². The Kier molecular flexibility index (Phi) is 3.75. The zero-order valence-electron chi connectivity index (χ0n) is 14.9. The van der Waals surface area contributed by atoms with Crippen LogP contribution < -0.4 is 10.6 Å². The van der Waals surface area contributed by atoms with Gasteiger partial charge in [-0.15, -0.1) is 0 Å². The maximum absolute atomic E-state index is 5.37. The summed E-state index contributed by atoms with van der Waals surface area (Å²) >= 11 is 0. The Morgan fingerprint density at radius 2 is 1.86 bits per heavy atom. The van der Waals surface area contributed by atoms with Crippen molar-refractivity contribution < 1.29 is 4.42 Å². The number of fused-ring (bicyclic) bond motifs is 1. The molecule has 0 bridgehead atoms. The molecule has 5 aromatic rings. The van der Waals surface area contributed by atoms with Gasteiger partial charge in [-0.1, -0.05) is 12.1 Å².